The molecule has 1 aliphatic rings. The van der Waals surface area contributed by atoms with Gasteiger partial charge in [0.25, 0.3) is 0 Å². The number of amides is 1. The molecular weight excluding hydrogens is 379 g/mol. The summed E-state index contributed by atoms with van der Waals surface area (Å²) >= 11 is 5.80. The fourth-order valence-electron chi connectivity index (χ4n) is 2.89. The molecule has 0 aromatic heterocycles. The Kier molecular flexibility index (Phi) is 5.60. The first-order valence-corrected chi connectivity index (χ1v) is 10.0. The monoisotopic (exact) mass is 396 g/mol. The zero-order chi connectivity index (χ0) is 18.7. The lowest BCUT2D eigenvalue weighted by Crippen LogP contribution is -2.41. The second-order valence-corrected chi connectivity index (χ2v) is 8.50. The second kappa shape index (κ2) is 7.73. The number of carbonyl (C=O) groups is 1. The largest absolute Gasteiger partial charge is 0.326 e. The number of anilines is 1. The van der Waals surface area contributed by atoms with E-state index in [0.29, 0.717) is 23.6 Å². The van der Waals surface area contributed by atoms with E-state index in [1.807, 2.05) is 0 Å². The molecule has 26 heavy (non-hydrogen) atoms. The van der Waals surface area contributed by atoms with E-state index in [1.165, 1.54) is 52.8 Å². The molecule has 2 aromatic rings. The number of piperidine rings is 1. The number of nitrogens with one attached hydrogen (secondary N) is 1. The van der Waals surface area contributed by atoms with Gasteiger partial charge < -0.3 is 5.32 Å². The van der Waals surface area contributed by atoms with Gasteiger partial charge in [0, 0.05) is 29.7 Å². The summed E-state index contributed by atoms with van der Waals surface area (Å²) in [5.74, 6) is -0.833. The van der Waals surface area contributed by atoms with Crippen LogP contribution in [0.5, 0.6) is 0 Å². The van der Waals surface area contributed by atoms with Gasteiger partial charge in [-0.1, -0.05) is 11.6 Å². The first kappa shape index (κ1) is 18.8. The second-order valence-electron chi connectivity index (χ2n) is 6.13. The molecule has 1 fully saturated rings. The number of carbonyl (C=O) groups excluding carboxylic acids is 1. The predicted octanol–water partition coefficient (Wildman–Crippen LogP) is 3.52. The number of rotatable bonds is 4. The van der Waals surface area contributed by atoms with E-state index in [-0.39, 0.29) is 35.6 Å². The van der Waals surface area contributed by atoms with Gasteiger partial charge in [-0.25, -0.2) is 12.8 Å². The smallest absolute Gasteiger partial charge is 0.243 e. The highest BCUT2D eigenvalue weighted by Gasteiger charge is 2.32. The van der Waals surface area contributed by atoms with Crippen molar-refractivity contribution in [3.05, 3.63) is 59.4 Å². The maximum absolute atomic E-state index is 12.9. The molecule has 138 valence electrons. The van der Waals surface area contributed by atoms with Crippen molar-refractivity contribution in [2.45, 2.75) is 17.7 Å². The maximum Gasteiger partial charge on any atom is 0.243 e. The maximum atomic E-state index is 12.9. The van der Waals surface area contributed by atoms with E-state index >= 15 is 0 Å². The molecule has 5 nitrogen and oxygen atoms in total. The minimum absolute atomic E-state index is 0.180. The van der Waals surface area contributed by atoms with Crippen LogP contribution in [0.2, 0.25) is 5.02 Å². The van der Waals surface area contributed by atoms with Crippen molar-refractivity contribution < 1.29 is 17.6 Å². The fraction of sp³-hybridized carbons (Fsp3) is 0.278. The third-order valence-corrected chi connectivity index (χ3v) is 6.55. The summed E-state index contributed by atoms with van der Waals surface area (Å²) in [5, 5.41) is 3.21. The lowest BCUT2D eigenvalue weighted by atomic mass is 9.97. The third kappa shape index (κ3) is 4.23. The Labute approximate surface area is 156 Å². The molecule has 0 spiro atoms. The zero-order valence-corrected chi connectivity index (χ0v) is 15.4. The van der Waals surface area contributed by atoms with Gasteiger partial charge in [0.15, 0.2) is 0 Å². The number of sulfonamides is 1. The van der Waals surface area contributed by atoms with Crippen molar-refractivity contribution in [1.29, 1.82) is 0 Å². The van der Waals surface area contributed by atoms with Crippen LogP contribution in [0, 0.1) is 11.7 Å². The van der Waals surface area contributed by atoms with E-state index < -0.39 is 10.0 Å². The zero-order valence-electron chi connectivity index (χ0n) is 13.9. The highest BCUT2D eigenvalue weighted by atomic mass is 35.5. The molecule has 0 aliphatic carbocycles. The number of halogens is 2. The number of nitrogens with zero attached hydrogens (tertiary/aromatic N) is 1. The average molecular weight is 397 g/mol. The lowest BCUT2D eigenvalue weighted by molar-refractivity contribution is -0.120. The molecule has 8 heteroatoms. The molecular formula is C18H18ClFN2O3S. The summed E-state index contributed by atoms with van der Waals surface area (Å²) in [6, 6.07) is 11.6. The van der Waals surface area contributed by atoms with Crippen LogP contribution in [0.3, 0.4) is 0 Å². The quantitative estimate of drug-likeness (QED) is 0.859. The van der Waals surface area contributed by atoms with E-state index in [2.05, 4.69) is 5.32 Å². The Morgan fingerprint density at radius 3 is 2.19 bits per heavy atom. The first-order valence-electron chi connectivity index (χ1n) is 8.18. The lowest BCUT2D eigenvalue weighted by Gasteiger charge is -2.30. The topological polar surface area (TPSA) is 66.5 Å². The van der Waals surface area contributed by atoms with Crippen molar-refractivity contribution in [2.24, 2.45) is 5.92 Å². The minimum Gasteiger partial charge on any atom is -0.326 e. The molecule has 3 rings (SSSR count). The highest BCUT2D eigenvalue weighted by molar-refractivity contribution is 7.89. The van der Waals surface area contributed by atoms with Gasteiger partial charge in [-0.05, 0) is 61.4 Å². The first-order chi connectivity index (χ1) is 12.4. The van der Waals surface area contributed by atoms with Gasteiger partial charge in [0.1, 0.15) is 5.82 Å². The Hall–Kier alpha value is -1.96. The molecule has 0 atom stereocenters. The summed E-state index contributed by atoms with van der Waals surface area (Å²) in [7, 11) is -3.59. The third-order valence-electron chi connectivity index (χ3n) is 4.39. The van der Waals surface area contributed by atoms with E-state index in [1.54, 1.807) is 0 Å². The molecule has 1 aliphatic heterocycles. The van der Waals surface area contributed by atoms with Crippen LogP contribution in [0.25, 0.3) is 0 Å². The van der Waals surface area contributed by atoms with E-state index in [0.717, 1.165) is 0 Å². The SMILES string of the molecule is O=C(Nc1ccc(F)cc1)C1CCN(S(=O)(=O)c2ccc(Cl)cc2)CC1. The van der Waals surface area contributed by atoms with Crippen molar-refractivity contribution in [1.82, 2.24) is 4.31 Å². The molecule has 0 radical (unpaired) electrons. The molecule has 0 unspecified atom stereocenters. The number of hydrogen-bond acceptors (Lipinski definition) is 3. The standard InChI is InChI=1S/C18H18ClFN2O3S/c19-14-1-7-17(8-2-14)26(24,25)22-11-9-13(10-12-22)18(23)21-16-5-3-15(20)4-6-16/h1-8,13H,9-12H2,(H,21,23). The van der Waals surface area contributed by atoms with Gasteiger partial charge in [-0.3, -0.25) is 4.79 Å². The Morgan fingerprint density at radius 1 is 1.04 bits per heavy atom. The Bertz CT molecular complexity index is 878. The molecule has 1 amide bonds. The summed E-state index contributed by atoms with van der Waals surface area (Å²) in [5.41, 5.74) is 0.521. The summed E-state index contributed by atoms with van der Waals surface area (Å²) in [4.78, 5) is 12.5. The van der Waals surface area contributed by atoms with E-state index in [4.69, 9.17) is 11.6 Å². The summed E-state index contributed by atoms with van der Waals surface area (Å²) in [6.07, 6.45) is 0.861. The summed E-state index contributed by atoms with van der Waals surface area (Å²) in [6.45, 7) is 0.541. The molecule has 1 saturated heterocycles. The van der Waals surface area contributed by atoms with Crippen molar-refractivity contribution in [2.75, 3.05) is 18.4 Å². The van der Waals surface area contributed by atoms with Gasteiger partial charge >= 0.3 is 0 Å². The number of hydrogen-bond donors (Lipinski definition) is 1. The molecule has 1 N–H and O–H groups in total. The van der Waals surface area contributed by atoms with Crippen LogP contribution in [0.15, 0.2) is 53.4 Å². The Morgan fingerprint density at radius 2 is 1.62 bits per heavy atom. The van der Waals surface area contributed by atoms with Crippen LogP contribution in [0.1, 0.15) is 12.8 Å². The molecule has 2 aromatic carbocycles. The van der Waals surface area contributed by atoms with Crippen LogP contribution < -0.4 is 5.32 Å². The summed E-state index contributed by atoms with van der Waals surface area (Å²) < 4.78 is 39.6. The minimum atomic E-state index is -3.59. The van der Waals surface area contributed by atoms with Crippen molar-refractivity contribution in [3.8, 4) is 0 Å². The molecule has 0 saturated carbocycles. The van der Waals surface area contributed by atoms with Gasteiger partial charge in [0.2, 0.25) is 15.9 Å². The van der Waals surface area contributed by atoms with E-state index in [9.17, 15) is 17.6 Å². The van der Waals surface area contributed by atoms with Crippen molar-refractivity contribution in [3.63, 3.8) is 0 Å². The predicted molar refractivity (Wildman–Crippen MR) is 98.0 cm³/mol. The van der Waals surface area contributed by atoms with Crippen LogP contribution in [-0.4, -0.2) is 31.7 Å². The highest BCUT2D eigenvalue weighted by Crippen LogP contribution is 2.25. The Balaban J connectivity index is 1.60. The van der Waals surface area contributed by atoms with Gasteiger partial charge in [-0.2, -0.15) is 4.31 Å². The van der Waals surface area contributed by atoms with Gasteiger partial charge in [-0.15, -0.1) is 0 Å². The van der Waals surface area contributed by atoms with Crippen LogP contribution in [-0.2, 0) is 14.8 Å². The number of benzene rings is 2. The normalized spacial score (nSPS) is 16.4. The fourth-order valence-corrected chi connectivity index (χ4v) is 4.49. The average Bonchev–Trinajstić information content (AvgIpc) is 2.64. The molecule has 1 heterocycles. The van der Waals surface area contributed by atoms with Crippen LogP contribution in [0.4, 0.5) is 10.1 Å². The molecule has 0 bridgehead atoms. The van der Waals surface area contributed by atoms with Gasteiger partial charge in [0.05, 0.1) is 4.90 Å². The van der Waals surface area contributed by atoms with Crippen molar-refractivity contribution >= 4 is 33.2 Å². The van der Waals surface area contributed by atoms with Crippen LogP contribution >= 0.6 is 11.6 Å².